The highest BCUT2D eigenvalue weighted by molar-refractivity contribution is 5.99. The lowest BCUT2D eigenvalue weighted by Crippen LogP contribution is -2.29. The van der Waals surface area contributed by atoms with E-state index in [1.807, 2.05) is 6.07 Å². The zero-order valence-corrected chi connectivity index (χ0v) is 21.0. The van der Waals surface area contributed by atoms with Crippen LogP contribution in [0.3, 0.4) is 0 Å². The van der Waals surface area contributed by atoms with Crippen molar-refractivity contribution in [2.45, 2.75) is 57.4 Å². The van der Waals surface area contributed by atoms with Crippen molar-refractivity contribution in [1.29, 1.82) is 0 Å². The number of hydrogen-bond donors (Lipinski definition) is 1. The molecule has 2 aliphatic rings. The second-order valence-electron chi connectivity index (χ2n) is 10.3. The number of anilines is 1. The maximum absolute atomic E-state index is 13.0. The Labute approximate surface area is 217 Å². The Balaban J connectivity index is 1.12. The monoisotopic (exact) mass is 500 g/mol. The molecule has 6 nitrogen and oxygen atoms in total. The summed E-state index contributed by atoms with van der Waals surface area (Å²) < 4.78 is 13.0. The maximum atomic E-state index is 13.0. The molecule has 1 aliphatic carbocycles. The van der Waals surface area contributed by atoms with Crippen molar-refractivity contribution in [3.05, 3.63) is 88.9 Å². The number of aromatic nitrogens is 2. The third kappa shape index (κ3) is 6.66. The fourth-order valence-electron chi connectivity index (χ4n) is 5.35. The largest absolute Gasteiger partial charge is 0.309 e. The molecule has 1 saturated carbocycles. The predicted octanol–water partition coefficient (Wildman–Crippen LogP) is 5.09. The Morgan fingerprint density at radius 1 is 0.892 bits per heavy atom. The molecule has 2 heterocycles. The van der Waals surface area contributed by atoms with E-state index in [2.05, 4.69) is 44.7 Å². The van der Waals surface area contributed by atoms with Gasteiger partial charge in [-0.3, -0.25) is 14.5 Å². The number of nitrogens with zero attached hydrogens (tertiary/aromatic N) is 3. The number of nitrogens with one attached hydrogen (secondary N) is 1. The van der Waals surface area contributed by atoms with Crippen LogP contribution in [0.5, 0.6) is 0 Å². The van der Waals surface area contributed by atoms with Gasteiger partial charge in [-0.1, -0.05) is 42.8 Å². The second kappa shape index (κ2) is 11.7. The molecule has 0 spiro atoms. The normalized spacial score (nSPS) is 20.2. The Morgan fingerprint density at radius 2 is 1.62 bits per heavy atom. The molecular formula is C30H33FN4O2. The summed E-state index contributed by atoms with van der Waals surface area (Å²) in [6, 6.07) is 18.3. The van der Waals surface area contributed by atoms with E-state index < -0.39 is 0 Å². The summed E-state index contributed by atoms with van der Waals surface area (Å²) in [5.41, 5.74) is 4.08. The average molecular weight is 501 g/mol. The number of carbonyl (C=O) groups excluding carboxylic acids is 2. The van der Waals surface area contributed by atoms with Crippen molar-refractivity contribution in [2.75, 3.05) is 18.4 Å². The summed E-state index contributed by atoms with van der Waals surface area (Å²) in [7, 11) is 0. The van der Waals surface area contributed by atoms with E-state index in [1.54, 1.807) is 18.2 Å². The Hall–Kier alpha value is -3.45. The van der Waals surface area contributed by atoms with Crippen molar-refractivity contribution >= 4 is 17.5 Å². The highest BCUT2D eigenvalue weighted by atomic mass is 19.1. The molecule has 37 heavy (non-hydrogen) atoms. The molecule has 1 aliphatic heterocycles. The SMILES string of the molecule is O=C1C[C@H](C(=O)Nc2ccc(CCc3ccc(F)cc3)nn2)CC1c1ccc(CN2CCCCC2)cc1. The number of likely N-dealkylation sites (tertiary alicyclic amines) is 1. The predicted molar refractivity (Wildman–Crippen MR) is 141 cm³/mol. The van der Waals surface area contributed by atoms with Crippen LogP contribution < -0.4 is 5.32 Å². The number of piperidine rings is 1. The number of Topliss-reactive ketones (excluding diaryl/α,β-unsaturated/α-hetero) is 1. The van der Waals surface area contributed by atoms with Gasteiger partial charge in [-0.15, -0.1) is 5.10 Å². The quantitative estimate of drug-likeness (QED) is 0.466. The highest BCUT2D eigenvalue weighted by Gasteiger charge is 2.37. The Bertz CT molecular complexity index is 1210. The molecule has 0 bridgehead atoms. The standard InChI is InChI=1S/C30H33FN4O2/c31-25-11-6-21(7-12-25)8-13-26-14-15-29(34-33-26)32-30(37)24-18-27(28(36)19-24)23-9-4-22(5-10-23)20-35-16-2-1-3-17-35/h4-7,9-12,14-15,24,27H,1-3,8,13,16-20H2,(H,32,34,37)/t24-,27?/m1/s1. The van der Waals surface area contributed by atoms with E-state index in [9.17, 15) is 14.0 Å². The van der Waals surface area contributed by atoms with Gasteiger partial charge >= 0.3 is 0 Å². The van der Waals surface area contributed by atoms with Gasteiger partial charge in [-0.25, -0.2) is 4.39 Å². The van der Waals surface area contributed by atoms with Gasteiger partial charge in [0, 0.05) is 24.8 Å². The van der Waals surface area contributed by atoms with Gasteiger partial charge in [0.1, 0.15) is 11.6 Å². The van der Waals surface area contributed by atoms with E-state index >= 15 is 0 Å². The lowest BCUT2D eigenvalue weighted by atomic mass is 9.94. The Morgan fingerprint density at radius 3 is 2.32 bits per heavy atom. The van der Waals surface area contributed by atoms with E-state index in [1.165, 1.54) is 37.0 Å². The molecule has 7 heteroatoms. The average Bonchev–Trinajstić information content (AvgIpc) is 3.32. The van der Waals surface area contributed by atoms with Crippen molar-refractivity contribution in [2.24, 2.45) is 5.92 Å². The molecule has 1 amide bonds. The summed E-state index contributed by atoms with van der Waals surface area (Å²) in [5, 5.41) is 11.2. The smallest absolute Gasteiger partial charge is 0.229 e. The number of ketones is 1. The van der Waals surface area contributed by atoms with Crippen LogP contribution in [-0.4, -0.2) is 39.9 Å². The first-order valence-electron chi connectivity index (χ1n) is 13.3. The number of benzene rings is 2. The highest BCUT2D eigenvalue weighted by Crippen LogP contribution is 2.36. The number of carbonyl (C=O) groups is 2. The zero-order chi connectivity index (χ0) is 25.6. The van der Waals surface area contributed by atoms with Crippen LogP contribution in [0.15, 0.2) is 60.7 Å². The summed E-state index contributed by atoms with van der Waals surface area (Å²) in [5.74, 6) is -0.546. The molecule has 5 rings (SSSR count). The number of rotatable bonds is 8. The Kier molecular flexibility index (Phi) is 7.99. The summed E-state index contributed by atoms with van der Waals surface area (Å²) in [6.45, 7) is 3.27. The first kappa shape index (κ1) is 25.2. The molecular weight excluding hydrogens is 467 g/mol. The van der Waals surface area contributed by atoms with Gasteiger partial charge in [0.2, 0.25) is 5.91 Å². The van der Waals surface area contributed by atoms with Gasteiger partial charge in [0.05, 0.1) is 5.69 Å². The number of amides is 1. The van der Waals surface area contributed by atoms with E-state index in [0.29, 0.717) is 18.7 Å². The summed E-state index contributed by atoms with van der Waals surface area (Å²) in [6.07, 6.45) is 6.02. The van der Waals surface area contributed by atoms with Crippen LogP contribution in [0.1, 0.15) is 60.4 Å². The lowest BCUT2D eigenvalue weighted by molar-refractivity contribution is -0.123. The molecule has 1 N–H and O–H groups in total. The summed E-state index contributed by atoms with van der Waals surface area (Å²) in [4.78, 5) is 28.1. The molecule has 2 fully saturated rings. The van der Waals surface area contributed by atoms with Crippen LogP contribution in [0.4, 0.5) is 10.2 Å². The molecule has 0 radical (unpaired) electrons. The fourth-order valence-corrected chi connectivity index (χ4v) is 5.35. The number of hydrogen-bond acceptors (Lipinski definition) is 5. The minimum absolute atomic E-state index is 0.117. The van der Waals surface area contributed by atoms with Gasteiger partial charge in [0.15, 0.2) is 5.82 Å². The van der Waals surface area contributed by atoms with Gasteiger partial charge in [-0.05, 0) is 86.1 Å². The molecule has 192 valence electrons. The van der Waals surface area contributed by atoms with Crippen molar-refractivity contribution in [3.63, 3.8) is 0 Å². The molecule has 2 aromatic carbocycles. The molecule has 1 aromatic heterocycles. The van der Waals surface area contributed by atoms with Crippen LogP contribution in [0.2, 0.25) is 0 Å². The van der Waals surface area contributed by atoms with Crippen LogP contribution in [0, 0.1) is 11.7 Å². The topological polar surface area (TPSA) is 75.2 Å². The first-order chi connectivity index (χ1) is 18.0. The molecule has 1 unspecified atom stereocenters. The third-order valence-corrected chi connectivity index (χ3v) is 7.52. The summed E-state index contributed by atoms with van der Waals surface area (Å²) >= 11 is 0. The lowest BCUT2D eigenvalue weighted by Gasteiger charge is -2.26. The van der Waals surface area contributed by atoms with Gasteiger partial charge in [-0.2, -0.15) is 5.10 Å². The second-order valence-corrected chi connectivity index (χ2v) is 10.3. The first-order valence-corrected chi connectivity index (χ1v) is 13.3. The van der Waals surface area contributed by atoms with Crippen molar-refractivity contribution < 1.29 is 14.0 Å². The molecule has 2 atom stereocenters. The van der Waals surface area contributed by atoms with Crippen LogP contribution in [0.25, 0.3) is 0 Å². The number of aryl methyl sites for hydroxylation is 2. The van der Waals surface area contributed by atoms with E-state index in [-0.39, 0.29) is 35.8 Å². The number of halogens is 1. The maximum Gasteiger partial charge on any atom is 0.229 e. The molecule has 3 aromatic rings. The van der Waals surface area contributed by atoms with Gasteiger partial charge < -0.3 is 5.32 Å². The van der Waals surface area contributed by atoms with E-state index in [4.69, 9.17) is 0 Å². The fraction of sp³-hybridized carbons (Fsp3) is 0.400. The van der Waals surface area contributed by atoms with Crippen molar-refractivity contribution in [3.8, 4) is 0 Å². The minimum atomic E-state index is -0.370. The molecule has 1 saturated heterocycles. The van der Waals surface area contributed by atoms with E-state index in [0.717, 1.165) is 42.9 Å². The van der Waals surface area contributed by atoms with Crippen molar-refractivity contribution in [1.82, 2.24) is 15.1 Å². The third-order valence-electron chi connectivity index (χ3n) is 7.52. The zero-order valence-electron chi connectivity index (χ0n) is 21.0. The van der Waals surface area contributed by atoms with Crippen LogP contribution >= 0.6 is 0 Å². The van der Waals surface area contributed by atoms with Crippen LogP contribution in [-0.2, 0) is 29.0 Å². The van der Waals surface area contributed by atoms with Gasteiger partial charge in [0.25, 0.3) is 0 Å². The minimum Gasteiger partial charge on any atom is -0.309 e.